The molecule has 51 heavy (non-hydrogen) atoms. The zero-order valence-corrected chi connectivity index (χ0v) is 30.9. The average molecular weight is 848 g/mol. The van der Waals surface area contributed by atoms with Crippen LogP contribution in [0, 0.1) is 24.4 Å². The minimum Gasteiger partial charge on any atom is -0.501 e. The van der Waals surface area contributed by atoms with E-state index in [-0.39, 0.29) is 31.2 Å². The van der Waals surface area contributed by atoms with Gasteiger partial charge in [0.05, 0.1) is 28.0 Å². The van der Waals surface area contributed by atoms with Gasteiger partial charge in [0, 0.05) is 53.4 Å². The van der Waals surface area contributed by atoms with Crippen molar-refractivity contribution in [1.29, 1.82) is 0 Å². The molecule has 0 N–H and O–H groups in total. The Labute approximate surface area is 314 Å². The minimum absolute atomic E-state index is 0. The molecule has 0 amide bonds. The van der Waals surface area contributed by atoms with Crippen molar-refractivity contribution in [2.24, 2.45) is 5.41 Å². The van der Waals surface area contributed by atoms with Crippen LogP contribution in [0.3, 0.4) is 0 Å². The molecule has 7 heteroatoms. The van der Waals surface area contributed by atoms with Gasteiger partial charge in [-0.15, -0.1) is 36.4 Å². The van der Waals surface area contributed by atoms with Gasteiger partial charge in [-0.05, 0) is 73.1 Å². The number of furan rings is 2. The summed E-state index contributed by atoms with van der Waals surface area (Å²) in [5.41, 5.74) is 10.4. The topological polar surface area (TPSA) is 69.9 Å². The van der Waals surface area contributed by atoms with Gasteiger partial charge < -0.3 is 18.4 Å². The molecule has 0 atom stereocenters. The van der Waals surface area contributed by atoms with Crippen molar-refractivity contribution >= 4 is 55.0 Å². The second kappa shape index (κ2) is 12.9. The number of hydrogen-bond acceptors (Lipinski definition) is 5. The van der Waals surface area contributed by atoms with Gasteiger partial charge in [-0.2, -0.15) is 0 Å². The summed E-state index contributed by atoms with van der Waals surface area (Å²) < 4.78 is 37.3. The molecule has 0 saturated carbocycles. The van der Waals surface area contributed by atoms with Crippen molar-refractivity contribution in [3.8, 4) is 22.6 Å². The zero-order chi connectivity index (χ0) is 36.5. The van der Waals surface area contributed by atoms with Gasteiger partial charge in [0.1, 0.15) is 5.58 Å². The first kappa shape index (κ1) is 29.6. The molecule has 255 valence electrons. The molecule has 0 spiro atoms. The van der Waals surface area contributed by atoms with Crippen molar-refractivity contribution in [2.45, 2.75) is 53.4 Å². The molecule has 9 aromatic rings. The Balaban J connectivity index is 0.000000153. The molecular weight excluding hydrogens is 809 g/mol. The molecule has 0 bridgehead atoms. The van der Waals surface area contributed by atoms with Gasteiger partial charge in [-0.1, -0.05) is 84.6 Å². The number of imidazole rings is 1. The van der Waals surface area contributed by atoms with Crippen LogP contribution in [-0.2, 0) is 39.5 Å². The molecule has 6 heterocycles. The number of benzene rings is 4. The molecule has 1 aliphatic rings. The van der Waals surface area contributed by atoms with Gasteiger partial charge in [0.25, 0.3) is 0 Å². The molecule has 0 fully saturated rings. The normalized spacial score (nSPS) is 13.9. The van der Waals surface area contributed by atoms with Crippen LogP contribution in [0.15, 0.2) is 106 Å². The van der Waals surface area contributed by atoms with Crippen molar-refractivity contribution in [3.63, 3.8) is 0 Å². The van der Waals surface area contributed by atoms with E-state index in [0.717, 1.165) is 86.7 Å². The summed E-state index contributed by atoms with van der Waals surface area (Å²) in [6, 6.07) is 36.4. The van der Waals surface area contributed by atoms with Gasteiger partial charge >= 0.3 is 0 Å². The van der Waals surface area contributed by atoms with Crippen molar-refractivity contribution in [1.82, 2.24) is 19.5 Å². The number of pyridine rings is 2. The standard InChI is InChI=1S/C22H16N3O.C22H20NO.Ir/c1-13-10-11-16-15-7-3-8-17(20(15)26-22(16)23-13)21-24-18-9-2-5-14-6-4-12-25(21)19(14)18;1-22(2,3)14-15-11-12-23-19(13-15)18-9-6-8-17-16-7-4-5-10-20(16)24-21(17)18;/h2-3,5,7,9-11H,4,6,12H2,1H3;4-8,10-13H,14H2,1-3H3;/q2*-1;/i1D3;;. The summed E-state index contributed by atoms with van der Waals surface area (Å²) in [7, 11) is 0. The first-order valence-corrected chi connectivity index (χ1v) is 17.0. The number of rotatable bonds is 3. The second-order valence-corrected chi connectivity index (χ2v) is 14.2. The van der Waals surface area contributed by atoms with E-state index in [4.69, 9.17) is 17.9 Å². The predicted molar refractivity (Wildman–Crippen MR) is 201 cm³/mol. The largest absolute Gasteiger partial charge is 0.501 e. The maximum Gasteiger partial charge on any atom is 0.216 e. The monoisotopic (exact) mass is 848 g/mol. The molecule has 1 aliphatic heterocycles. The van der Waals surface area contributed by atoms with Crippen LogP contribution in [0.2, 0.25) is 0 Å². The molecule has 0 unspecified atom stereocenters. The third kappa shape index (κ3) is 5.94. The summed E-state index contributed by atoms with van der Waals surface area (Å²) in [5.74, 6) is 0.827. The van der Waals surface area contributed by atoms with E-state index in [1.807, 2.05) is 48.7 Å². The molecular formula is C44H36IrN4O2-2. The Hall–Kier alpha value is -5.10. The van der Waals surface area contributed by atoms with E-state index >= 15 is 0 Å². The molecule has 6 nitrogen and oxygen atoms in total. The fraction of sp³-hybridized carbons (Fsp3) is 0.205. The number of aromatic nitrogens is 4. The first-order chi connectivity index (χ1) is 25.5. The van der Waals surface area contributed by atoms with Crippen LogP contribution in [0.1, 0.15) is 48.1 Å². The third-order valence-electron chi connectivity index (χ3n) is 9.35. The van der Waals surface area contributed by atoms with Gasteiger partial charge in [0.15, 0.2) is 0 Å². The van der Waals surface area contributed by atoms with Gasteiger partial charge in [-0.3, -0.25) is 4.98 Å². The number of aryl methyl sites for hydroxylation is 3. The summed E-state index contributed by atoms with van der Waals surface area (Å²) in [5, 5.41) is 3.92. The van der Waals surface area contributed by atoms with Crippen LogP contribution in [0.4, 0.5) is 0 Å². The predicted octanol–water partition coefficient (Wildman–Crippen LogP) is 11.1. The maximum atomic E-state index is 7.61. The molecule has 5 aromatic heterocycles. The number of fused-ring (bicyclic) bond motifs is 6. The Morgan fingerprint density at radius 2 is 1.63 bits per heavy atom. The molecule has 0 saturated heterocycles. The maximum absolute atomic E-state index is 7.61. The molecule has 4 aromatic carbocycles. The van der Waals surface area contributed by atoms with Crippen molar-refractivity contribution in [3.05, 3.63) is 126 Å². The van der Waals surface area contributed by atoms with E-state index in [9.17, 15) is 0 Å². The minimum atomic E-state index is -2.27. The fourth-order valence-electron chi connectivity index (χ4n) is 7.30. The SMILES string of the molecule is CC(C)(C)Cc1ccnc(-c2[c-]ccc3c2oc2ccccc23)c1.[2H]C([2H])([2H])c1ccc2c(n1)oc1c(-c3nc4cccc5c4n3CCC5)[c-]ccc12.[Ir]. The average Bonchev–Trinajstić information content (AvgIpc) is 3.83. The van der Waals surface area contributed by atoms with E-state index < -0.39 is 6.85 Å². The van der Waals surface area contributed by atoms with E-state index in [1.165, 1.54) is 16.6 Å². The molecule has 10 rings (SSSR count). The van der Waals surface area contributed by atoms with Crippen LogP contribution in [0.5, 0.6) is 0 Å². The van der Waals surface area contributed by atoms with Crippen molar-refractivity contribution < 1.29 is 33.1 Å². The summed E-state index contributed by atoms with van der Waals surface area (Å²) in [4.78, 5) is 13.7. The Morgan fingerprint density at radius 1 is 0.824 bits per heavy atom. The Morgan fingerprint density at radius 3 is 2.47 bits per heavy atom. The van der Waals surface area contributed by atoms with E-state index in [0.29, 0.717) is 11.3 Å². The van der Waals surface area contributed by atoms with E-state index in [2.05, 4.69) is 83.8 Å². The van der Waals surface area contributed by atoms with Crippen molar-refractivity contribution in [2.75, 3.05) is 0 Å². The Kier molecular flexibility index (Phi) is 7.49. The third-order valence-corrected chi connectivity index (χ3v) is 9.35. The number of hydrogen-bond donors (Lipinski definition) is 0. The summed E-state index contributed by atoms with van der Waals surface area (Å²) in [6.07, 6.45) is 5.02. The summed E-state index contributed by atoms with van der Waals surface area (Å²) >= 11 is 0. The molecule has 1 radical (unpaired) electrons. The Bertz CT molecular complexity index is 2840. The van der Waals surface area contributed by atoms with Crippen LogP contribution in [-0.4, -0.2) is 19.5 Å². The summed E-state index contributed by atoms with van der Waals surface area (Å²) in [6.45, 7) is 5.37. The van der Waals surface area contributed by atoms with Crippen LogP contribution >= 0.6 is 0 Å². The van der Waals surface area contributed by atoms with Gasteiger partial charge in [0.2, 0.25) is 5.71 Å². The van der Waals surface area contributed by atoms with E-state index in [1.54, 1.807) is 12.1 Å². The van der Waals surface area contributed by atoms with Crippen LogP contribution < -0.4 is 0 Å². The second-order valence-electron chi connectivity index (χ2n) is 14.2. The van der Waals surface area contributed by atoms with Crippen LogP contribution in [0.25, 0.3) is 77.7 Å². The smallest absolute Gasteiger partial charge is 0.216 e. The fourth-order valence-corrected chi connectivity index (χ4v) is 7.30. The van der Waals surface area contributed by atoms with Gasteiger partial charge in [-0.25, -0.2) is 4.98 Å². The number of nitrogens with zero attached hydrogens (tertiary/aromatic N) is 4. The quantitative estimate of drug-likeness (QED) is 0.166. The molecule has 0 aliphatic carbocycles. The zero-order valence-electron chi connectivity index (χ0n) is 31.5. The first-order valence-electron chi connectivity index (χ1n) is 18.5. The number of para-hydroxylation sites is 2.